The molecule has 0 fully saturated rings. The fourth-order valence-electron chi connectivity index (χ4n) is 0.750. The summed E-state index contributed by atoms with van der Waals surface area (Å²) in [5, 5.41) is 0. The molecule has 0 spiro atoms. The summed E-state index contributed by atoms with van der Waals surface area (Å²) in [7, 11) is 1.33. The SMILES string of the molecule is COC(=O)[C-]=Cc1ccccc1.[Au+]. The molecule has 0 N–H and O–H groups in total. The van der Waals surface area contributed by atoms with Crippen LogP contribution in [0.2, 0.25) is 0 Å². The monoisotopic (exact) mass is 358 g/mol. The Bertz CT molecular complexity index is 280. The van der Waals surface area contributed by atoms with Crippen LogP contribution in [0, 0.1) is 6.08 Å². The van der Waals surface area contributed by atoms with Gasteiger partial charge in [-0.15, -0.1) is 12.1 Å². The fraction of sp³-hybridized carbons (Fsp3) is 0.100. The molecule has 1 aromatic rings. The van der Waals surface area contributed by atoms with Gasteiger partial charge in [-0.2, -0.15) is 11.6 Å². The molecule has 0 unspecified atom stereocenters. The Labute approximate surface area is 93.1 Å². The smallest absolute Gasteiger partial charge is 0.480 e. The van der Waals surface area contributed by atoms with Gasteiger partial charge < -0.3 is 4.74 Å². The maximum absolute atomic E-state index is 10.6. The number of methoxy groups -OCH3 is 1. The van der Waals surface area contributed by atoms with E-state index in [9.17, 15) is 4.79 Å². The van der Waals surface area contributed by atoms with Crippen LogP contribution in [0.1, 0.15) is 5.56 Å². The van der Waals surface area contributed by atoms with Gasteiger partial charge in [-0.05, 0) is 0 Å². The zero-order chi connectivity index (χ0) is 8.81. The second-order valence-corrected chi connectivity index (χ2v) is 2.19. The van der Waals surface area contributed by atoms with Crippen LogP contribution in [0.4, 0.5) is 0 Å². The molecule has 0 amide bonds. The topological polar surface area (TPSA) is 26.3 Å². The molecule has 13 heavy (non-hydrogen) atoms. The summed E-state index contributed by atoms with van der Waals surface area (Å²) in [6.45, 7) is 0. The standard InChI is InChI=1S/C10H9O2.Au/c1-12-10(11)8-7-9-5-3-2-4-6-9;/h2-7H,1H3;/q-1;+1. The Kier molecular flexibility index (Phi) is 6.24. The van der Waals surface area contributed by atoms with E-state index in [-0.39, 0.29) is 22.4 Å². The molecule has 0 bridgehead atoms. The number of carbonyl (C=O) groups excluding carboxylic acids is 1. The number of benzene rings is 1. The summed E-state index contributed by atoms with van der Waals surface area (Å²) in [6.07, 6.45) is 4.05. The second kappa shape index (κ2) is 6.66. The van der Waals surface area contributed by atoms with E-state index in [1.807, 2.05) is 30.3 Å². The average Bonchev–Trinajstić information content (AvgIpc) is 2.16. The third-order valence-corrected chi connectivity index (χ3v) is 1.34. The zero-order valence-corrected chi connectivity index (χ0v) is 9.25. The third-order valence-electron chi connectivity index (χ3n) is 1.34. The van der Waals surface area contributed by atoms with Gasteiger partial charge in [0.25, 0.3) is 0 Å². The molecule has 0 atom stereocenters. The molecule has 0 aliphatic rings. The van der Waals surface area contributed by atoms with Crippen molar-refractivity contribution >= 4 is 12.0 Å². The molecule has 72 valence electrons. The van der Waals surface area contributed by atoms with Crippen LogP contribution in [0.3, 0.4) is 0 Å². The van der Waals surface area contributed by atoms with Crippen molar-refractivity contribution in [2.75, 3.05) is 7.11 Å². The van der Waals surface area contributed by atoms with Crippen LogP contribution in [0.5, 0.6) is 0 Å². The number of hydrogen-bond donors (Lipinski definition) is 0. The van der Waals surface area contributed by atoms with Crippen molar-refractivity contribution in [1.29, 1.82) is 0 Å². The molecular formula is C10H9AuO2. The van der Waals surface area contributed by atoms with Crippen molar-refractivity contribution in [2.24, 2.45) is 0 Å². The first-order chi connectivity index (χ1) is 5.83. The van der Waals surface area contributed by atoms with Gasteiger partial charge in [-0.3, -0.25) is 4.79 Å². The maximum atomic E-state index is 10.6. The minimum atomic E-state index is -0.459. The Morgan fingerprint density at radius 2 is 2.00 bits per heavy atom. The first-order valence-corrected chi connectivity index (χ1v) is 3.55. The molecule has 1 rings (SSSR count). The van der Waals surface area contributed by atoms with Crippen molar-refractivity contribution in [3.63, 3.8) is 0 Å². The first kappa shape index (κ1) is 12.2. The summed E-state index contributed by atoms with van der Waals surface area (Å²) in [4.78, 5) is 10.6. The summed E-state index contributed by atoms with van der Waals surface area (Å²) >= 11 is 0. The predicted molar refractivity (Wildman–Crippen MR) is 46.2 cm³/mol. The van der Waals surface area contributed by atoms with E-state index >= 15 is 0 Å². The largest absolute Gasteiger partial charge is 1.00 e. The zero-order valence-electron chi connectivity index (χ0n) is 7.08. The van der Waals surface area contributed by atoms with E-state index in [1.54, 1.807) is 6.08 Å². The van der Waals surface area contributed by atoms with Gasteiger partial charge in [0, 0.05) is 0 Å². The summed E-state index contributed by atoms with van der Waals surface area (Å²) in [5.41, 5.74) is 0.933. The van der Waals surface area contributed by atoms with Crippen LogP contribution in [0.15, 0.2) is 30.3 Å². The Morgan fingerprint density at radius 3 is 2.54 bits per heavy atom. The van der Waals surface area contributed by atoms with Crippen LogP contribution < -0.4 is 0 Å². The summed E-state index contributed by atoms with van der Waals surface area (Å²) in [5.74, 6) is -0.459. The van der Waals surface area contributed by atoms with Crippen LogP contribution in [-0.2, 0) is 31.9 Å². The van der Waals surface area contributed by atoms with E-state index in [0.717, 1.165) is 5.56 Å². The molecule has 0 saturated heterocycles. The van der Waals surface area contributed by atoms with Gasteiger partial charge in [0.2, 0.25) is 5.97 Å². The number of hydrogen-bond acceptors (Lipinski definition) is 2. The van der Waals surface area contributed by atoms with Gasteiger partial charge in [0.1, 0.15) is 0 Å². The molecule has 0 aromatic heterocycles. The maximum Gasteiger partial charge on any atom is 1.00 e. The van der Waals surface area contributed by atoms with Crippen molar-refractivity contribution < 1.29 is 31.9 Å². The second-order valence-electron chi connectivity index (χ2n) is 2.19. The Morgan fingerprint density at radius 1 is 1.38 bits per heavy atom. The molecule has 0 heterocycles. The molecule has 0 aliphatic heterocycles. The molecule has 0 aliphatic carbocycles. The molecular weight excluding hydrogens is 349 g/mol. The quantitative estimate of drug-likeness (QED) is 0.348. The summed E-state index contributed by atoms with van der Waals surface area (Å²) in [6, 6.07) is 9.47. The normalized spacial score (nSPS) is 9.31. The van der Waals surface area contributed by atoms with Crippen molar-refractivity contribution in [3.05, 3.63) is 42.0 Å². The van der Waals surface area contributed by atoms with E-state index in [2.05, 4.69) is 10.8 Å². The summed E-state index contributed by atoms with van der Waals surface area (Å²) < 4.78 is 4.39. The number of esters is 1. The van der Waals surface area contributed by atoms with E-state index in [0.29, 0.717) is 0 Å². The van der Waals surface area contributed by atoms with Crippen molar-refractivity contribution in [3.8, 4) is 0 Å². The van der Waals surface area contributed by atoms with Gasteiger partial charge in [-0.1, -0.05) is 18.2 Å². The Balaban J connectivity index is 0.00000144. The van der Waals surface area contributed by atoms with Gasteiger partial charge in [0.05, 0.1) is 7.11 Å². The minimum Gasteiger partial charge on any atom is -0.480 e. The van der Waals surface area contributed by atoms with E-state index in [1.165, 1.54) is 7.11 Å². The van der Waals surface area contributed by atoms with Gasteiger partial charge in [-0.25, -0.2) is 6.08 Å². The Hall–Kier alpha value is -0.830. The third kappa shape index (κ3) is 4.68. The molecule has 3 heteroatoms. The van der Waals surface area contributed by atoms with Gasteiger partial charge in [0.15, 0.2) is 0 Å². The van der Waals surface area contributed by atoms with Gasteiger partial charge >= 0.3 is 22.4 Å². The number of carbonyl (C=O) groups is 1. The van der Waals surface area contributed by atoms with Crippen LogP contribution >= 0.6 is 0 Å². The minimum absolute atomic E-state index is 0. The number of ether oxygens (including phenoxy) is 1. The van der Waals surface area contributed by atoms with Crippen molar-refractivity contribution in [1.82, 2.24) is 0 Å². The van der Waals surface area contributed by atoms with Crippen molar-refractivity contribution in [2.45, 2.75) is 0 Å². The molecule has 0 saturated carbocycles. The fourth-order valence-corrected chi connectivity index (χ4v) is 0.750. The molecule has 2 nitrogen and oxygen atoms in total. The van der Waals surface area contributed by atoms with E-state index < -0.39 is 5.97 Å². The first-order valence-electron chi connectivity index (χ1n) is 3.55. The average molecular weight is 358 g/mol. The van der Waals surface area contributed by atoms with Crippen LogP contribution in [-0.4, -0.2) is 13.1 Å². The number of rotatable bonds is 2. The molecule has 0 radical (unpaired) electrons. The molecule has 1 aromatic carbocycles. The van der Waals surface area contributed by atoms with Crippen LogP contribution in [0.25, 0.3) is 6.08 Å². The van der Waals surface area contributed by atoms with E-state index in [4.69, 9.17) is 0 Å². The predicted octanol–water partition coefficient (Wildman–Crippen LogP) is 1.67.